The smallest absolute Gasteiger partial charge is 0.262 e. The predicted molar refractivity (Wildman–Crippen MR) is 137 cm³/mol. The molecule has 0 spiro atoms. The van der Waals surface area contributed by atoms with E-state index in [1.807, 2.05) is 25.1 Å². The molecular weight excluding hydrogens is 444 g/mol. The van der Waals surface area contributed by atoms with E-state index < -0.39 is 10.0 Å². The summed E-state index contributed by atoms with van der Waals surface area (Å²) < 4.78 is 34.9. The molecule has 2 aliphatic rings. The Labute approximate surface area is 201 Å². The number of fused-ring (bicyclic) bond motifs is 3. The molecule has 0 unspecified atom stereocenters. The average Bonchev–Trinajstić information content (AvgIpc) is 3.31. The largest absolute Gasteiger partial charge is 0.492 e. The molecule has 0 saturated carbocycles. The summed E-state index contributed by atoms with van der Waals surface area (Å²) >= 11 is 0. The average molecular weight is 475 g/mol. The van der Waals surface area contributed by atoms with Crippen molar-refractivity contribution < 1.29 is 13.2 Å². The van der Waals surface area contributed by atoms with Crippen molar-refractivity contribution in [2.24, 2.45) is 5.92 Å². The SMILES string of the molecule is CCOc1ccccc1NS(=O)(=O)c1ccc2c(c1)[C@H]1C=CC[C@H]1[C@@H](c1cc(C)ccc1C)N2. The first kappa shape index (κ1) is 22.5. The number of rotatable bonds is 6. The lowest BCUT2D eigenvalue weighted by molar-refractivity contribution is 0.342. The molecule has 176 valence electrons. The molecule has 2 N–H and O–H groups in total. The molecule has 3 aromatic rings. The highest BCUT2D eigenvalue weighted by Gasteiger charge is 2.39. The van der Waals surface area contributed by atoms with Crippen molar-refractivity contribution in [1.29, 1.82) is 0 Å². The lowest BCUT2D eigenvalue weighted by Crippen LogP contribution is -2.30. The van der Waals surface area contributed by atoms with Gasteiger partial charge in [0, 0.05) is 11.6 Å². The Bertz CT molecular complexity index is 1360. The van der Waals surface area contributed by atoms with Gasteiger partial charge in [-0.3, -0.25) is 4.72 Å². The Balaban J connectivity index is 1.49. The summed E-state index contributed by atoms with van der Waals surface area (Å²) in [6, 6.07) is 19.3. The minimum absolute atomic E-state index is 0.173. The van der Waals surface area contributed by atoms with Crippen molar-refractivity contribution >= 4 is 21.4 Å². The van der Waals surface area contributed by atoms with Gasteiger partial charge in [0.15, 0.2) is 0 Å². The lowest BCUT2D eigenvalue weighted by atomic mass is 9.76. The van der Waals surface area contributed by atoms with Crippen LogP contribution in [0.25, 0.3) is 0 Å². The summed E-state index contributed by atoms with van der Waals surface area (Å²) in [7, 11) is -3.78. The van der Waals surface area contributed by atoms with Gasteiger partial charge in [-0.15, -0.1) is 0 Å². The zero-order chi connectivity index (χ0) is 23.9. The molecular formula is C28H30N2O3S. The number of sulfonamides is 1. The summed E-state index contributed by atoms with van der Waals surface area (Å²) in [6.07, 6.45) is 5.42. The summed E-state index contributed by atoms with van der Waals surface area (Å²) in [5.41, 5.74) is 6.29. The van der Waals surface area contributed by atoms with Gasteiger partial charge in [0.2, 0.25) is 0 Å². The highest BCUT2D eigenvalue weighted by Crippen LogP contribution is 2.50. The molecule has 5 rings (SSSR count). The van der Waals surface area contributed by atoms with Gasteiger partial charge in [-0.2, -0.15) is 0 Å². The van der Waals surface area contributed by atoms with Crippen LogP contribution >= 0.6 is 0 Å². The monoisotopic (exact) mass is 474 g/mol. The number of allylic oxidation sites excluding steroid dienone is 2. The number of para-hydroxylation sites is 2. The molecule has 0 fully saturated rings. The molecule has 3 aromatic carbocycles. The van der Waals surface area contributed by atoms with Crippen LogP contribution in [0.2, 0.25) is 0 Å². The Hall–Kier alpha value is -3.25. The maximum absolute atomic E-state index is 13.3. The summed E-state index contributed by atoms with van der Waals surface area (Å²) in [5.74, 6) is 1.04. The first-order valence-electron chi connectivity index (χ1n) is 11.8. The molecule has 0 radical (unpaired) electrons. The van der Waals surface area contributed by atoms with Gasteiger partial charge in [0.25, 0.3) is 10.0 Å². The molecule has 1 aliphatic heterocycles. The highest BCUT2D eigenvalue weighted by atomic mass is 32.2. The standard InChI is InChI=1S/C28H30N2O3S/c1-4-33-27-11-6-5-10-26(27)30-34(31,32)20-14-15-25-24(17-20)21-8-7-9-22(21)28(29-25)23-16-18(2)12-13-19(23)3/h5-8,10-17,21-22,28-30H,4,9H2,1-3H3/t21-,22+,28-/m0/s1. The second-order valence-electron chi connectivity index (χ2n) is 9.12. The van der Waals surface area contributed by atoms with Gasteiger partial charge in [0.05, 0.1) is 23.2 Å². The van der Waals surface area contributed by atoms with E-state index in [1.54, 1.807) is 24.3 Å². The number of benzene rings is 3. The molecule has 3 atom stereocenters. The third kappa shape index (κ3) is 4.07. The second-order valence-corrected chi connectivity index (χ2v) is 10.8. The number of ether oxygens (including phenoxy) is 1. The van der Waals surface area contributed by atoms with Crippen LogP contribution in [0.4, 0.5) is 11.4 Å². The summed E-state index contributed by atoms with van der Waals surface area (Å²) in [6.45, 7) is 6.61. The number of anilines is 2. The fourth-order valence-corrected chi connectivity index (χ4v) is 6.28. The Morgan fingerprint density at radius 1 is 1.03 bits per heavy atom. The van der Waals surface area contributed by atoms with Crippen molar-refractivity contribution in [2.45, 2.75) is 44.0 Å². The van der Waals surface area contributed by atoms with Crippen molar-refractivity contribution in [3.05, 3.63) is 95.1 Å². The fourth-order valence-electron chi connectivity index (χ4n) is 5.18. The van der Waals surface area contributed by atoms with E-state index in [2.05, 4.69) is 54.2 Å². The minimum atomic E-state index is -3.78. The van der Waals surface area contributed by atoms with Gasteiger partial charge in [-0.05, 0) is 80.1 Å². The number of hydrogen-bond acceptors (Lipinski definition) is 4. The molecule has 1 aliphatic carbocycles. The number of hydrogen-bond donors (Lipinski definition) is 2. The van der Waals surface area contributed by atoms with Crippen LogP contribution < -0.4 is 14.8 Å². The van der Waals surface area contributed by atoms with Crippen molar-refractivity contribution in [3.63, 3.8) is 0 Å². The maximum atomic E-state index is 13.3. The molecule has 0 amide bonds. The molecule has 0 aromatic heterocycles. The molecule has 5 nitrogen and oxygen atoms in total. The zero-order valence-electron chi connectivity index (χ0n) is 19.7. The van der Waals surface area contributed by atoms with Crippen molar-refractivity contribution in [2.75, 3.05) is 16.6 Å². The van der Waals surface area contributed by atoms with E-state index in [4.69, 9.17) is 4.74 Å². The predicted octanol–water partition coefficient (Wildman–Crippen LogP) is 6.33. The van der Waals surface area contributed by atoms with Gasteiger partial charge in [-0.25, -0.2) is 8.42 Å². The lowest BCUT2D eigenvalue weighted by Gasteiger charge is -2.38. The summed E-state index contributed by atoms with van der Waals surface area (Å²) in [4.78, 5) is 0.253. The van der Waals surface area contributed by atoms with Crippen LogP contribution in [0.1, 0.15) is 47.6 Å². The second kappa shape index (κ2) is 8.84. The van der Waals surface area contributed by atoms with Gasteiger partial charge >= 0.3 is 0 Å². The van der Waals surface area contributed by atoms with E-state index in [9.17, 15) is 8.42 Å². The van der Waals surface area contributed by atoms with Crippen LogP contribution in [0, 0.1) is 19.8 Å². The van der Waals surface area contributed by atoms with E-state index >= 15 is 0 Å². The zero-order valence-corrected chi connectivity index (χ0v) is 20.5. The van der Waals surface area contributed by atoms with Crippen LogP contribution in [0.5, 0.6) is 5.75 Å². The first-order valence-corrected chi connectivity index (χ1v) is 13.2. The van der Waals surface area contributed by atoms with E-state index in [-0.39, 0.29) is 16.9 Å². The van der Waals surface area contributed by atoms with E-state index in [0.29, 0.717) is 24.0 Å². The maximum Gasteiger partial charge on any atom is 0.262 e. The van der Waals surface area contributed by atoms with E-state index in [1.165, 1.54) is 16.7 Å². The number of aryl methyl sites for hydroxylation is 2. The van der Waals surface area contributed by atoms with E-state index in [0.717, 1.165) is 17.7 Å². The van der Waals surface area contributed by atoms with Gasteiger partial charge in [0.1, 0.15) is 5.75 Å². The van der Waals surface area contributed by atoms with Gasteiger partial charge < -0.3 is 10.1 Å². The topological polar surface area (TPSA) is 67.4 Å². The third-order valence-corrected chi connectivity index (χ3v) is 8.21. The van der Waals surface area contributed by atoms with Crippen LogP contribution in [0.3, 0.4) is 0 Å². The molecule has 0 saturated heterocycles. The Kier molecular flexibility index (Phi) is 5.86. The number of nitrogens with one attached hydrogen (secondary N) is 2. The first-order chi connectivity index (χ1) is 16.4. The summed E-state index contributed by atoms with van der Waals surface area (Å²) in [5, 5.41) is 3.73. The Morgan fingerprint density at radius 3 is 2.68 bits per heavy atom. The fraction of sp³-hybridized carbons (Fsp3) is 0.286. The Morgan fingerprint density at radius 2 is 1.85 bits per heavy atom. The molecule has 6 heteroatoms. The molecule has 1 heterocycles. The molecule has 34 heavy (non-hydrogen) atoms. The van der Waals surface area contributed by atoms with Crippen molar-refractivity contribution in [3.8, 4) is 5.75 Å². The molecule has 0 bridgehead atoms. The highest BCUT2D eigenvalue weighted by molar-refractivity contribution is 7.92. The van der Waals surface area contributed by atoms with Gasteiger partial charge in [-0.1, -0.05) is 48.0 Å². The third-order valence-electron chi connectivity index (χ3n) is 6.85. The van der Waals surface area contributed by atoms with Crippen molar-refractivity contribution in [1.82, 2.24) is 0 Å². The minimum Gasteiger partial charge on any atom is -0.492 e. The quantitative estimate of drug-likeness (QED) is 0.410. The normalized spacial score (nSPS) is 20.9. The van der Waals surface area contributed by atoms with Crippen LogP contribution in [0.15, 0.2) is 77.7 Å². The van der Waals surface area contributed by atoms with Crippen LogP contribution in [-0.4, -0.2) is 15.0 Å². The van der Waals surface area contributed by atoms with Crippen LogP contribution in [-0.2, 0) is 10.0 Å².